The van der Waals surface area contributed by atoms with Crippen LogP contribution in [0.2, 0.25) is 0 Å². The number of thiophene rings is 1. The van der Waals surface area contributed by atoms with E-state index in [1.165, 1.54) is 17.8 Å². The smallest absolute Gasteiger partial charge is 0.259 e. The summed E-state index contributed by atoms with van der Waals surface area (Å²) >= 11 is 1.76. The van der Waals surface area contributed by atoms with Crippen LogP contribution in [0.4, 0.5) is 0 Å². The number of methoxy groups -OCH3 is 1. The van der Waals surface area contributed by atoms with Crippen molar-refractivity contribution in [1.29, 1.82) is 0 Å². The Morgan fingerprint density at radius 2 is 1.87 bits per heavy atom. The van der Waals surface area contributed by atoms with Crippen LogP contribution in [0.3, 0.4) is 0 Å². The lowest BCUT2D eigenvalue weighted by molar-refractivity contribution is 0.259. The average Bonchev–Trinajstić information content (AvgIpc) is 3.03. The highest BCUT2D eigenvalue weighted by Crippen LogP contribution is 2.35. The van der Waals surface area contributed by atoms with E-state index in [2.05, 4.69) is 41.0 Å². The van der Waals surface area contributed by atoms with Gasteiger partial charge in [-0.3, -0.25) is 9.69 Å². The van der Waals surface area contributed by atoms with Crippen LogP contribution < -0.4 is 10.3 Å². The van der Waals surface area contributed by atoms with E-state index in [1.54, 1.807) is 23.0 Å². The molecule has 0 amide bonds. The fourth-order valence-electron chi connectivity index (χ4n) is 4.29. The molecule has 1 aromatic carbocycles. The van der Waals surface area contributed by atoms with Crippen molar-refractivity contribution in [3.8, 4) is 16.9 Å². The minimum Gasteiger partial charge on any atom is -0.496 e. The number of hydrogen-bond acceptors (Lipinski definition) is 5. The van der Waals surface area contributed by atoms with Crippen molar-refractivity contribution in [3.63, 3.8) is 0 Å². The molecule has 0 unspecified atom stereocenters. The molecule has 3 aromatic rings. The molecule has 1 fully saturated rings. The highest BCUT2D eigenvalue weighted by Gasteiger charge is 2.18. The van der Waals surface area contributed by atoms with Crippen molar-refractivity contribution in [3.05, 3.63) is 51.3 Å². The maximum absolute atomic E-state index is 12.9. The predicted octanol–water partition coefficient (Wildman–Crippen LogP) is 4.11. The van der Waals surface area contributed by atoms with Crippen LogP contribution >= 0.6 is 11.3 Å². The molecule has 0 saturated carbocycles. The fraction of sp³-hybridized carbons (Fsp3) is 0.458. The molecular weight excluding hydrogens is 394 g/mol. The topological polar surface area (TPSA) is 37.7 Å². The first kappa shape index (κ1) is 21.1. The van der Waals surface area contributed by atoms with Gasteiger partial charge in [0, 0.05) is 48.0 Å². The molecule has 1 aliphatic heterocycles. The lowest BCUT2D eigenvalue weighted by Gasteiger charge is -2.20. The number of fused-ring (bicyclic) bond motifs is 1. The molecule has 1 saturated heterocycles. The van der Waals surface area contributed by atoms with Gasteiger partial charge in [-0.05, 0) is 56.2 Å². The second-order valence-electron chi connectivity index (χ2n) is 8.16. The van der Waals surface area contributed by atoms with Crippen molar-refractivity contribution in [2.24, 2.45) is 7.05 Å². The molecular formula is C24H31N3O2S. The summed E-state index contributed by atoms with van der Waals surface area (Å²) < 4.78 is 8.31. The average molecular weight is 426 g/mol. The van der Waals surface area contributed by atoms with E-state index in [0.29, 0.717) is 0 Å². The van der Waals surface area contributed by atoms with Crippen molar-refractivity contribution in [1.82, 2.24) is 14.4 Å². The van der Waals surface area contributed by atoms with Crippen LogP contribution in [0.5, 0.6) is 5.75 Å². The second kappa shape index (κ2) is 8.92. The van der Waals surface area contributed by atoms with Gasteiger partial charge in [-0.25, -0.2) is 0 Å². The van der Waals surface area contributed by atoms with Crippen LogP contribution in [0.1, 0.15) is 23.8 Å². The van der Waals surface area contributed by atoms with E-state index in [0.717, 1.165) is 65.2 Å². The summed E-state index contributed by atoms with van der Waals surface area (Å²) in [4.78, 5) is 19.2. The van der Waals surface area contributed by atoms with Crippen molar-refractivity contribution in [2.45, 2.75) is 26.8 Å². The number of aromatic nitrogens is 1. The van der Waals surface area contributed by atoms with Gasteiger partial charge in [0.2, 0.25) is 0 Å². The van der Waals surface area contributed by atoms with Crippen molar-refractivity contribution < 1.29 is 4.74 Å². The number of nitrogens with zero attached hydrogens (tertiary/aromatic N) is 3. The number of pyridine rings is 1. The molecule has 5 nitrogen and oxygen atoms in total. The van der Waals surface area contributed by atoms with Crippen LogP contribution in [-0.2, 0) is 13.6 Å². The molecule has 160 valence electrons. The summed E-state index contributed by atoms with van der Waals surface area (Å²) in [5.41, 5.74) is 3.36. The van der Waals surface area contributed by atoms with E-state index >= 15 is 0 Å². The zero-order valence-electron chi connectivity index (χ0n) is 18.4. The quantitative estimate of drug-likeness (QED) is 0.617. The van der Waals surface area contributed by atoms with Gasteiger partial charge in [-0.2, -0.15) is 0 Å². The normalized spacial score (nSPS) is 16.1. The van der Waals surface area contributed by atoms with Gasteiger partial charge in [0.25, 0.3) is 5.56 Å². The number of likely N-dealkylation sites (N-methyl/N-ethyl adjacent to an activating group) is 1. The van der Waals surface area contributed by atoms with E-state index in [-0.39, 0.29) is 5.56 Å². The minimum absolute atomic E-state index is 0.0725. The summed E-state index contributed by atoms with van der Waals surface area (Å²) in [5, 5.41) is 0.819. The third-order valence-electron chi connectivity index (χ3n) is 6.13. The third-order valence-corrected chi connectivity index (χ3v) is 7.28. The molecule has 0 atom stereocenters. The maximum Gasteiger partial charge on any atom is 0.259 e. The summed E-state index contributed by atoms with van der Waals surface area (Å²) in [6, 6.07) is 8.38. The van der Waals surface area contributed by atoms with Crippen LogP contribution in [0.15, 0.2) is 35.3 Å². The number of benzene rings is 1. The summed E-state index contributed by atoms with van der Waals surface area (Å²) in [7, 11) is 3.54. The van der Waals surface area contributed by atoms with Gasteiger partial charge in [0.1, 0.15) is 5.75 Å². The van der Waals surface area contributed by atoms with Gasteiger partial charge in [0.05, 0.1) is 12.5 Å². The van der Waals surface area contributed by atoms with Crippen molar-refractivity contribution in [2.75, 3.05) is 39.8 Å². The van der Waals surface area contributed by atoms with Gasteiger partial charge in [0.15, 0.2) is 0 Å². The molecule has 0 aliphatic carbocycles. The van der Waals surface area contributed by atoms with Crippen LogP contribution in [0.25, 0.3) is 21.2 Å². The fourth-order valence-corrected chi connectivity index (χ4v) is 5.51. The summed E-state index contributed by atoms with van der Waals surface area (Å²) in [5.74, 6) is 0.872. The number of ether oxygens (including phenoxy) is 1. The van der Waals surface area contributed by atoms with E-state index in [1.807, 2.05) is 20.2 Å². The van der Waals surface area contributed by atoms with E-state index in [9.17, 15) is 4.79 Å². The Balaban J connectivity index is 1.71. The largest absolute Gasteiger partial charge is 0.496 e. The van der Waals surface area contributed by atoms with Crippen molar-refractivity contribution >= 4 is 21.4 Å². The zero-order valence-corrected chi connectivity index (χ0v) is 19.2. The Morgan fingerprint density at radius 3 is 2.63 bits per heavy atom. The molecule has 4 rings (SSSR count). The van der Waals surface area contributed by atoms with E-state index < -0.39 is 0 Å². The molecule has 6 heteroatoms. The first-order valence-corrected chi connectivity index (χ1v) is 11.5. The monoisotopic (exact) mass is 425 g/mol. The standard InChI is InChI=1S/C24H31N3O2S/c1-5-26-9-6-10-27(12-11-26)15-19-14-20-23(30-19)21(16-25(3)24(20)28)18-8-7-17(2)22(13-18)29-4/h7-8,13-14,16H,5-6,9-12,15H2,1-4H3. The third kappa shape index (κ3) is 4.17. The highest BCUT2D eigenvalue weighted by atomic mass is 32.1. The minimum atomic E-state index is 0.0725. The van der Waals surface area contributed by atoms with Gasteiger partial charge >= 0.3 is 0 Å². The molecule has 0 bridgehead atoms. The zero-order chi connectivity index (χ0) is 21.3. The van der Waals surface area contributed by atoms with Crippen LogP contribution in [0, 0.1) is 6.92 Å². The molecule has 0 radical (unpaired) electrons. The summed E-state index contributed by atoms with van der Waals surface area (Å²) in [6.07, 6.45) is 3.16. The number of hydrogen-bond donors (Lipinski definition) is 0. The molecule has 30 heavy (non-hydrogen) atoms. The molecule has 3 heterocycles. The summed E-state index contributed by atoms with van der Waals surface area (Å²) in [6.45, 7) is 10.8. The van der Waals surface area contributed by atoms with Gasteiger partial charge < -0.3 is 14.2 Å². The van der Waals surface area contributed by atoms with Gasteiger partial charge in [-0.15, -0.1) is 11.3 Å². The lowest BCUT2D eigenvalue weighted by Crippen LogP contribution is -2.30. The van der Waals surface area contributed by atoms with Gasteiger partial charge in [-0.1, -0.05) is 19.1 Å². The second-order valence-corrected chi connectivity index (χ2v) is 9.30. The molecule has 2 aromatic heterocycles. The Labute approximate surface area is 182 Å². The molecule has 0 spiro atoms. The SMILES string of the molecule is CCN1CCCN(Cc2cc3c(=O)n(C)cc(-c4ccc(C)c(OC)c4)c3s2)CC1. The number of aryl methyl sites for hydroxylation is 2. The van der Waals surface area contributed by atoms with E-state index in [4.69, 9.17) is 4.74 Å². The Morgan fingerprint density at radius 1 is 1.10 bits per heavy atom. The number of rotatable bonds is 5. The maximum atomic E-state index is 12.9. The van der Waals surface area contributed by atoms with Crippen LogP contribution in [-0.4, -0.2) is 54.2 Å². The molecule has 1 aliphatic rings. The Kier molecular flexibility index (Phi) is 6.27. The Bertz CT molecular complexity index is 1100. The first-order chi connectivity index (χ1) is 14.5. The predicted molar refractivity (Wildman–Crippen MR) is 126 cm³/mol. The highest BCUT2D eigenvalue weighted by molar-refractivity contribution is 7.19. The molecule has 0 N–H and O–H groups in total. The lowest BCUT2D eigenvalue weighted by atomic mass is 10.0. The first-order valence-electron chi connectivity index (χ1n) is 10.7. The Hall–Kier alpha value is -2.15.